The molecule has 0 aliphatic rings. The topological polar surface area (TPSA) is 16.4 Å². The summed E-state index contributed by atoms with van der Waals surface area (Å²) in [4.78, 5) is 2.37. The molecule has 1 heterocycles. The van der Waals surface area contributed by atoms with Gasteiger partial charge >= 0.3 is 0 Å². The van der Waals surface area contributed by atoms with Gasteiger partial charge in [0.25, 0.3) is 0 Å². The van der Waals surface area contributed by atoms with Gasteiger partial charge in [-0.1, -0.05) is 176 Å². The molecule has 11 aromatic rings. The monoisotopic (exact) mass is 819 g/mol. The molecule has 2 nitrogen and oxygen atoms in total. The van der Waals surface area contributed by atoms with E-state index >= 15 is 0 Å². The van der Waals surface area contributed by atoms with E-state index in [2.05, 4.69) is 243 Å². The quantitative estimate of drug-likeness (QED) is 0.144. The van der Waals surface area contributed by atoms with Crippen molar-refractivity contribution >= 4 is 39.0 Å². The van der Waals surface area contributed by atoms with Gasteiger partial charge in [0.05, 0.1) is 0 Å². The number of anilines is 3. The van der Waals surface area contributed by atoms with E-state index in [1.807, 2.05) is 12.1 Å². The summed E-state index contributed by atoms with van der Waals surface area (Å²) in [5.41, 5.74) is 22.0. The van der Waals surface area contributed by atoms with Gasteiger partial charge in [-0.25, -0.2) is 0 Å². The SMILES string of the molecule is Cc1cc(-c2ccc3oc4ccccc4c3c2)ccc1-c1ccc(N(c2ccc(-c3ccc(-c4ccccc4)cc3)cc2)c2ccc(-c3cccc(-c4ccccc4)c3)cc2)cc1C. The molecule has 1 aromatic heterocycles. The first kappa shape index (κ1) is 38.7. The largest absolute Gasteiger partial charge is 0.456 e. The number of hydrogen-bond donors (Lipinski definition) is 0. The van der Waals surface area contributed by atoms with E-state index in [-0.39, 0.29) is 0 Å². The Bertz CT molecular complexity index is 3420. The fourth-order valence-electron chi connectivity index (χ4n) is 9.19. The molecule has 10 aromatic carbocycles. The van der Waals surface area contributed by atoms with E-state index in [1.165, 1.54) is 77.9 Å². The minimum absolute atomic E-state index is 0.914. The molecule has 0 radical (unpaired) electrons. The standard InChI is InChI=1S/C62H45NO/c1-42-38-52(53-29-37-62-60(41-53)59-18-9-10-19-61(59)64-62)28-35-57(42)58-36-34-56(39-43(58)2)63(54-30-24-48(25-31-54)47-22-20-46(21-23-47)44-12-5-3-6-13-44)55-32-26-49(27-33-55)51-17-11-16-50(40-51)45-14-7-4-8-15-45/h3-41H,1-2H3. The van der Waals surface area contributed by atoms with Crippen LogP contribution in [0.25, 0.3) is 88.7 Å². The molecule has 2 heteroatoms. The summed E-state index contributed by atoms with van der Waals surface area (Å²) in [7, 11) is 0. The molecule has 0 saturated heterocycles. The second-order valence-electron chi connectivity index (χ2n) is 16.7. The fraction of sp³-hybridized carbons (Fsp3) is 0.0323. The zero-order chi connectivity index (χ0) is 43.0. The molecule has 0 N–H and O–H groups in total. The summed E-state index contributed by atoms with van der Waals surface area (Å²) in [6, 6.07) is 85.2. The number of fused-ring (bicyclic) bond motifs is 3. The average Bonchev–Trinajstić information content (AvgIpc) is 3.73. The lowest BCUT2D eigenvalue weighted by molar-refractivity contribution is 0.669. The summed E-state index contributed by atoms with van der Waals surface area (Å²) >= 11 is 0. The van der Waals surface area contributed by atoms with Gasteiger partial charge in [0.15, 0.2) is 0 Å². The molecule has 0 unspecified atom stereocenters. The van der Waals surface area contributed by atoms with Gasteiger partial charge < -0.3 is 9.32 Å². The lowest BCUT2D eigenvalue weighted by Gasteiger charge is -2.27. The Labute approximate surface area is 375 Å². The third-order valence-electron chi connectivity index (χ3n) is 12.6. The molecule has 0 spiro atoms. The Hall–Kier alpha value is -8.20. The Kier molecular flexibility index (Phi) is 10.0. The third-order valence-corrected chi connectivity index (χ3v) is 12.6. The van der Waals surface area contributed by atoms with Crippen LogP contribution >= 0.6 is 0 Å². The first-order chi connectivity index (χ1) is 31.5. The van der Waals surface area contributed by atoms with Gasteiger partial charge in [-0.3, -0.25) is 0 Å². The summed E-state index contributed by atoms with van der Waals surface area (Å²) in [5.74, 6) is 0. The molecular formula is C62H45NO. The maximum atomic E-state index is 6.12. The molecule has 11 rings (SSSR count). The van der Waals surface area contributed by atoms with Crippen molar-refractivity contribution in [3.63, 3.8) is 0 Å². The summed E-state index contributed by atoms with van der Waals surface area (Å²) in [5, 5.41) is 2.29. The minimum atomic E-state index is 0.914. The molecule has 0 aliphatic heterocycles. The Morgan fingerprint density at radius 2 is 0.656 bits per heavy atom. The van der Waals surface area contributed by atoms with Gasteiger partial charge in [-0.05, 0) is 152 Å². The first-order valence-corrected chi connectivity index (χ1v) is 22.0. The molecule has 0 saturated carbocycles. The number of para-hydroxylation sites is 1. The van der Waals surface area contributed by atoms with Crippen LogP contribution in [0.4, 0.5) is 17.1 Å². The normalized spacial score (nSPS) is 11.3. The highest BCUT2D eigenvalue weighted by atomic mass is 16.3. The van der Waals surface area contributed by atoms with Crippen LogP contribution in [-0.2, 0) is 0 Å². The number of nitrogens with zero attached hydrogens (tertiary/aromatic N) is 1. The molecule has 304 valence electrons. The smallest absolute Gasteiger partial charge is 0.135 e. The molecule has 0 fully saturated rings. The highest BCUT2D eigenvalue weighted by Crippen LogP contribution is 2.41. The average molecular weight is 820 g/mol. The van der Waals surface area contributed by atoms with E-state index in [4.69, 9.17) is 4.42 Å². The van der Waals surface area contributed by atoms with Crippen molar-refractivity contribution in [2.24, 2.45) is 0 Å². The highest BCUT2D eigenvalue weighted by molar-refractivity contribution is 6.06. The summed E-state index contributed by atoms with van der Waals surface area (Å²) in [6.45, 7) is 4.45. The van der Waals surface area contributed by atoms with E-state index in [0.717, 1.165) is 39.0 Å². The number of hydrogen-bond acceptors (Lipinski definition) is 2. The molecule has 64 heavy (non-hydrogen) atoms. The van der Waals surface area contributed by atoms with Crippen LogP contribution in [-0.4, -0.2) is 0 Å². The van der Waals surface area contributed by atoms with Crippen LogP contribution in [0, 0.1) is 13.8 Å². The maximum absolute atomic E-state index is 6.12. The molecule has 0 bridgehead atoms. The van der Waals surface area contributed by atoms with E-state index < -0.39 is 0 Å². The van der Waals surface area contributed by atoms with Crippen LogP contribution < -0.4 is 4.90 Å². The van der Waals surface area contributed by atoms with Gasteiger partial charge in [0.1, 0.15) is 11.2 Å². The highest BCUT2D eigenvalue weighted by Gasteiger charge is 2.17. The predicted octanol–water partition coefficient (Wildman–Crippen LogP) is 17.7. The molecular weight excluding hydrogens is 775 g/mol. The lowest BCUT2D eigenvalue weighted by atomic mass is 9.92. The van der Waals surface area contributed by atoms with Gasteiger partial charge in [0, 0.05) is 27.8 Å². The number of aryl methyl sites for hydroxylation is 2. The van der Waals surface area contributed by atoms with Crippen molar-refractivity contribution in [1.82, 2.24) is 0 Å². The second kappa shape index (κ2) is 16.6. The zero-order valence-electron chi connectivity index (χ0n) is 35.9. The predicted molar refractivity (Wildman–Crippen MR) is 270 cm³/mol. The van der Waals surface area contributed by atoms with Crippen LogP contribution in [0.1, 0.15) is 11.1 Å². The van der Waals surface area contributed by atoms with Crippen molar-refractivity contribution < 1.29 is 4.42 Å². The van der Waals surface area contributed by atoms with Crippen LogP contribution in [0.15, 0.2) is 241 Å². The number of furan rings is 1. The molecule has 0 aliphatic carbocycles. The fourth-order valence-corrected chi connectivity index (χ4v) is 9.19. The van der Waals surface area contributed by atoms with Crippen molar-refractivity contribution in [3.8, 4) is 66.8 Å². The summed E-state index contributed by atoms with van der Waals surface area (Å²) < 4.78 is 6.12. The Morgan fingerprint density at radius 3 is 1.25 bits per heavy atom. The van der Waals surface area contributed by atoms with E-state index in [1.54, 1.807) is 0 Å². The van der Waals surface area contributed by atoms with Crippen LogP contribution in [0.2, 0.25) is 0 Å². The zero-order valence-corrected chi connectivity index (χ0v) is 35.9. The first-order valence-electron chi connectivity index (χ1n) is 22.0. The van der Waals surface area contributed by atoms with Crippen molar-refractivity contribution in [3.05, 3.63) is 248 Å². The van der Waals surface area contributed by atoms with Gasteiger partial charge in [-0.2, -0.15) is 0 Å². The van der Waals surface area contributed by atoms with E-state index in [0.29, 0.717) is 0 Å². The second-order valence-corrected chi connectivity index (χ2v) is 16.7. The maximum Gasteiger partial charge on any atom is 0.135 e. The van der Waals surface area contributed by atoms with Crippen LogP contribution in [0.3, 0.4) is 0 Å². The lowest BCUT2D eigenvalue weighted by Crippen LogP contribution is -2.10. The van der Waals surface area contributed by atoms with Gasteiger partial charge in [-0.15, -0.1) is 0 Å². The number of benzene rings is 10. The van der Waals surface area contributed by atoms with Gasteiger partial charge in [0.2, 0.25) is 0 Å². The number of rotatable bonds is 9. The third kappa shape index (κ3) is 7.46. The molecule has 0 amide bonds. The van der Waals surface area contributed by atoms with Crippen molar-refractivity contribution in [1.29, 1.82) is 0 Å². The van der Waals surface area contributed by atoms with E-state index in [9.17, 15) is 0 Å². The molecule has 0 atom stereocenters. The Morgan fingerprint density at radius 1 is 0.266 bits per heavy atom. The van der Waals surface area contributed by atoms with Crippen molar-refractivity contribution in [2.45, 2.75) is 13.8 Å². The van der Waals surface area contributed by atoms with Crippen molar-refractivity contribution in [2.75, 3.05) is 4.90 Å². The Balaban J connectivity index is 0.926. The summed E-state index contributed by atoms with van der Waals surface area (Å²) in [6.07, 6.45) is 0. The minimum Gasteiger partial charge on any atom is -0.456 e. The van der Waals surface area contributed by atoms with Crippen LogP contribution in [0.5, 0.6) is 0 Å².